The molecule has 0 aliphatic heterocycles. The van der Waals surface area contributed by atoms with Crippen molar-refractivity contribution in [3.63, 3.8) is 0 Å². The molecule has 3 nitrogen and oxygen atoms in total. The first-order chi connectivity index (χ1) is 9.76. The second-order valence-corrected chi connectivity index (χ2v) is 5.39. The molecule has 0 saturated heterocycles. The smallest absolute Gasteiger partial charge is 0.205 e. The Morgan fingerprint density at radius 3 is 2.25 bits per heavy atom. The molecule has 0 aromatic heterocycles. The molecule has 0 radical (unpaired) electrons. The summed E-state index contributed by atoms with van der Waals surface area (Å²) in [6.45, 7) is 8.92. The molecule has 0 unspecified atom stereocenters. The van der Waals surface area contributed by atoms with Gasteiger partial charge in [0.05, 0.1) is 18.9 Å². The molecule has 0 atom stereocenters. The zero-order chi connectivity index (χ0) is 14.8. The lowest BCUT2D eigenvalue weighted by Gasteiger charge is -2.16. The Morgan fingerprint density at radius 1 is 1.20 bits per heavy atom. The lowest BCUT2D eigenvalue weighted by molar-refractivity contribution is 0.277. The Hall–Kier alpha value is -1.28. The number of nitrogens with zero attached hydrogens (tertiary/aromatic N) is 1. The average molecular weight is 291 g/mol. The summed E-state index contributed by atoms with van der Waals surface area (Å²) in [6.07, 6.45) is 5.56. The van der Waals surface area contributed by atoms with Crippen LogP contribution in [0.15, 0.2) is 54.1 Å². The van der Waals surface area contributed by atoms with Crippen LogP contribution in [-0.2, 0) is 9.05 Å². The number of hydrogen-bond donors (Lipinski definition) is 0. The fourth-order valence-electron chi connectivity index (χ4n) is 1.63. The van der Waals surface area contributed by atoms with Crippen LogP contribution in [0.2, 0.25) is 0 Å². The van der Waals surface area contributed by atoms with Crippen LogP contribution >= 0.6 is 8.38 Å². The summed E-state index contributed by atoms with van der Waals surface area (Å²) in [7, 11) is 0.805. The van der Waals surface area contributed by atoms with Gasteiger partial charge in [0, 0.05) is 12.4 Å². The summed E-state index contributed by atoms with van der Waals surface area (Å²) in [5.41, 5.74) is 1.99. The van der Waals surface area contributed by atoms with E-state index < -0.39 is 8.38 Å². The number of hydrogen-bond acceptors (Lipinski definition) is 3. The van der Waals surface area contributed by atoms with Crippen molar-refractivity contribution >= 4 is 19.4 Å². The molecule has 0 N–H and O–H groups in total. The molecule has 20 heavy (non-hydrogen) atoms. The third-order valence-electron chi connectivity index (χ3n) is 2.50. The Labute approximate surface area is 122 Å². The van der Waals surface area contributed by atoms with Gasteiger partial charge in [-0.05, 0) is 37.6 Å². The van der Waals surface area contributed by atoms with Crippen LogP contribution in [-0.4, -0.2) is 26.0 Å². The lowest BCUT2D eigenvalue weighted by Crippen LogP contribution is -2.07. The summed E-state index contributed by atoms with van der Waals surface area (Å²) in [6, 6.07) is 8.16. The number of aliphatic imine (C=N–C) groups is 1. The van der Waals surface area contributed by atoms with Crippen LogP contribution in [0.5, 0.6) is 0 Å². The third-order valence-corrected chi connectivity index (χ3v) is 4.20. The standard InChI is InChI=1S/C16H22NO2P/c1-5-8-9-16(17-4)14-10-12-15(13-11-14)20(18-6-2)19-7-3/h5,8-13H,1,6-7H2,2-4H3/b9-8-,17-16?. The van der Waals surface area contributed by atoms with Gasteiger partial charge < -0.3 is 9.05 Å². The maximum absolute atomic E-state index is 5.65. The molecule has 108 valence electrons. The Bertz CT molecular complexity index is 460. The van der Waals surface area contributed by atoms with E-state index in [0.717, 1.165) is 16.6 Å². The highest BCUT2D eigenvalue weighted by atomic mass is 31.2. The first-order valence-electron chi connectivity index (χ1n) is 6.69. The Morgan fingerprint density at radius 2 is 1.80 bits per heavy atom. The fraction of sp³-hybridized carbons (Fsp3) is 0.312. The average Bonchev–Trinajstić information content (AvgIpc) is 2.48. The van der Waals surface area contributed by atoms with Gasteiger partial charge in [-0.15, -0.1) is 0 Å². The van der Waals surface area contributed by atoms with E-state index >= 15 is 0 Å². The van der Waals surface area contributed by atoms with Crippen LogP contribution in [0.3, 0.4) is 0 Å². The topological polar surface area (TPSA) is 30.8 Å². The van der Waals surface area contributed by atoms with Crippen molar-refractivity contribution < 1.29 is 9.05 Å². The van der Waals surface area contributed by atoms with Gasteiger partial charge in [0.2, 0.25) is 8.38 Å². The van der Waals surface area contributed by atoms with Crippen molar-refractivity contribution in [1.82, 2.24) is 0 Å². The van der Waals surface area contributed by atoms with E-state index in [1.165, 1.54) is 0 Å². The van der Waals surface area contributed by atoms with Gasteiger partial charge in [-0.2, -0.15) is 0 Å². The van der Waals surface area contributed by atoms with Crippen molar-refractivity contribution in [3.8, 4) is 0 Å². The predicted octanol–water partition coefficient (Wildman–Crippen LogP) is 3.86. The summed E-state index contributed by atoms with van der Waals surface area (Å²) in [5, 5.41) is 1.08. The second kappa shape index (κ2) is 9.60. The van der Waals surface area contributed by atoms with Gasteiger partial charge in [-0.1, -0.05) is 30.9 Å². The van der Waals surface area contributed by atoms with E-state index in [-0.39, 0.29) is 0 Å². The molecule has 0 saturated carbocycles. The zero-order valence-electron chi connectivity index (χ0n) is 12.4. The van der Waals surface area contributed by atoms with Crippen molar-refractivity contribution in [2.75, 3.05) is 20.3 Å². The molecule has 0 heterocycles. The summed E-state index contributed by atoms with van der Waals surface area (Å²) in [4.78, 5) is 4.27. The van der Waals surface area contributed by atoms with Gasteiger partial charge in [0.25, 0.3) is 0 Å². The van der Waals surface area contributed by atoms with Crippen LogP contribution < -0.4 is 5.30 Å². The normalized spacial score (nSPS) is 12.3. The number of benzene rings is 1. The SMILES string of the molecule is C=C/C=C\C(=NC)c1ccc(P(OCC)OCC)cc1. The highest BCUT2D eigenvalue weighted by Crippen LogP contribution is 2.36. The van der Waals surface area contributed by atoms with Crippen LogP contribution in [0.25, 0.3) is 0 Å². The van der Waals surface area contributed by atoms with E-state index in [4.69, 9.17) is 9.05 Å². The molecule has 0 bridgehead atoms. The third kappa shape index (κ3) is 5.01. The Kier molecular flexibility index (Phi) is 8.05. The number of rotatable bonds is 8. The molecule has 0 aliphatic carbocycles. The fourth-order valence-corrected chi connectivity index (χ4v) is 2.87. The number of allylic oxidation sites excluding steroid dienone is 3. The maximum atomic E-state index is 5.65. The highest BCUT2D eigenvalue weighted by molar-refractivity contribution is 7.56. The van der Waals surface area contributed by atoms with Crippen LogP contribution in [0.4, 0.5) is 0 Å². The first-order valence-corrected chi connectivity index (χ1v) is 7.86. The lowest BCUT2D eigenvalue weighted by atomic mass is 10.1. The summed E-state index contributed by atoms with van der Waals surface area (Å²) >= 11 is 0. The Balaban J connectivity index is 2.91. The predicted molar refractivity (Wildman–Crippen MR) is 88.0 cm³/mol. The molecule has 0 aliphatic rings. The molecule has 0 amide bonds. The van der Waals surface area contributed by atoms with Crippen LogP contribution in [0.1, 0.15) is 19.4 Å². The molecule has 0 fully saturated rings. The van der Waals surface area contributed by atoms with Gasteiger partial charge in [-0.3, -0.25) is 4.99 Å². The van der Waals surface area contributed by atoms with Crippen molar-refractivity contribution in [2.24, 2.45) is 4.99 Å². The molecular weight excluding hydrogens is 269 g/mol. The minimum Gasteiger partial charge on any atom is -0.331 e. The maximum Gasteiger partial charge on any atom is 0.205 e. The zero-order valence-corrected chi connectivity index (χ0v) is 13.3. The van der Waals surface area contributed by atoms with Crippen molar-refractivity contribution in [3.05, 3.63) is 54.6 Å². The molecule has 0 spiro atoms. The highest BCUT2D eigenvalue weighted by Gasteiger charge is 2.12. The van der Waals surface area contributed by atoms with Gasteiger partial charge in [0.15, 0.2) is 0 Å². The first kappa shape index (κ1) is 16.8. The van der Waals surface area contributed by atoms with Crippen molar-refractivity contribution in [2.45, 2.75) is 13.8 Å². The molecular formula is C16H22NO2P. The van der Waals surface area contributed by atoms with E-state index in [1.54, 1.807) is 13.1 Å². The van der Waals surface area contributed by atoms with Gasteiger partial charge in [0.1, 0.15) is 0 Å². The van der Waals surface area contributed by atoms with Crippen LogP contribution in [0, 0.1) is 0 Å². The van der Waals surface area contributed by atoms with Gasteiger partial charge in [-0.25, -0.2) is 0 Å². The molecule has 1 aromatic carbocycles. The molecule has 4 heteroatoms. The van der Waals surface area contributed by atoms with E-state index in [1.807, 2.05) is 50.3 Å². The van der Waals surface area contributed by atoms with E-state index in [9.17, 15) is 0 Å². The summed E-state index contributed by atoms with van der Waals surface area (Å²) in [5.74, 6) is 0. The van der Waals surface area contributed by atoms with Gasteiger partial charge >= 0.3 is 0 Å². The van der Waals surface area contributed by atoms with Crippen molar-refractivity contribution in [1.29, 1.82) is 0 Å². The molecule has 1 aromatic rings. The largest absolute Gasteiger partial charge is 0.331 e. The summed E-state index contributed by atoms with van der Waals surface area (Å²) < 4.78 is 11.3. The minimum atomic E-state index is -0.977. The van der Waals surface area contributed by atoms with E-state index in [0.29, 0.717) is 13.2 Å². The second-order valence-electron chi connectivity index (χ2n) is 3.84. The molecule has 1 rings (SSSR count). The van der Waals surface area contributed by atoms with E-state index in [2.05, 4.69) is 11.6 Å². The minimum absolute atomic E-state index is 0.650. The monoisotopic (exact) mass is 291 g/mol. The quantitative estimate of drug-likeness (QED) is 0.414.